The summed E-state index contributed by atoms with van der Waals surface area (Å²) in [4.78, 5) is 25.6. The minimum atomic E-state index is -0.982. The number of carbonyl (C=O) groups is 1. The summed E-state index contributed by atoms with van der Waals surface area (Å²) < 4.78 is 28.6. The standard InChI is InChI=1S/C23H21F2N5O2/c1-13(2)21-19(22(31)27-10-14-6-7-16(24)17(25)9-14)20-18(11-28-23(32)29-20)30(21)12-15-5-3-4-8-26-15/h3-9,11,13H,10,12H2,1-2H3,(H,27,31)(H,28,29,32). The van der Waals surface area contributed by atoms with Crippen LogP contribution in [0.1, 0.15) is 47.1 Å². The van der Waals surface area contributed by atoms with E-state index in [1.807, 2.05) is 36.6 Å². The molecule has 2 N–H and O–H groups in total. The number of nitrogens with zero attached hydrogens (tertiary/aromatic N) is 4. The SMILES string of the molecule is CC(C)c1c(C(=O)NCc2ccc(F)c(F)c2)c2nc(O)ncc2n1Cc1ccccn1. The van der Waals surface area contributed by atoms with Gasteiger partial charge in [0.1, 0.15) is 5.52 Å². The quantitative estimate of drug-likeness (QED) is 0.477. The second kappa shape index (κ2) is 8.70. The highest BCUT2D eigenvalue weighted by atomic mass is 19.2. The van der Waals surface area contributed by atoms with Gasteiger partial charge in [-0.15, -0.1) is 0 Å². The lowest BCUT2D eigenvalue weighted by Crippen LogP contribution is -2.24. The molecule has 3 aromatic heterocycles. The van der Waals surface area contributed by atoms with Crippen LogP contribution in [-0.2, 0) is 13.1 Å². The van der Waals surface area contributed by atoms with Crippen LogP contribution >= 0.6 is 0 Å². The molecule has 7 nitrogen and oxygen atoms in total. The Morgan fingerprint density at radius 3 is 2.66 bits per heavy atom. The molecule has 9 heteroatoms. The van der Waals surface area contributed by atoms with Gasteiger partial charge in [-0.3, -0.25) is 9.78 Å². The highest BCUT2D eigenvalue weighted by molar-refractivity contribution is 6.07. The van der Waals surface area contributed by atoms with Crippen molar-refractivity contribution in [1.29, 1.82) is 0 Å². The molecule has 3 heterocycles. The van der Waals surface area contributed by atoms with E-state index in [1.54, 1.807) is 6.20 Å². The minimum absolute atomic E-state index is 0.00243. The third-order valence-electron chi connectivity index (χ3n) is 5.09. The Labute approximate surface area is 182 Å². The van der Waals surface area contributed by atoms with E-state index < -0.39 is 23.6 Å². The summed E-state index contributed by atoms with van der Waals surface area (Å²) in [6.45, 7) is 4.28. The molecule has 0 unspecified atom stereocenters. The number of halogens is 2. The maximum Gasteiger partial charge on any atom is 0.314 e. The van der Waals surface area contributed by atoms with Gasteiger partial charge in [0, 0.05) is 18.4 Å². The van der Waals surface area contributed by atoms with Crippen LogP contribution in [0.4, 0.5) is 8.78 Å². The molecular formula is C23H21F2N5O2. The van der Waals surface area contributed by atoms with Crippen LogP contribution in [0.25, 0.3) is 11.0 Å². The number of nitrogens with one attached hydrogen (secondary N) is 1. The van der Waals surface area contributed by atoms with Crippen LogP contribution in [0.5, 0.6) is 6.01 Å². The summed E-state index contributed by atoms with van der Waals surface area (Å²) in [6, 6.07) is 8.58. The van der Waals surface area contributed by atoms with Gasteiger partial charge >= 0.3 is 6.01 Å². The van der Waals surface area contributed by atoms with Gasteiger partial charge in [0.15, 0.2) is 11.6 Å². The van der Waals surface area contributed by atoms with Crippen molar-refractivity contribution in [3.8, 4) is 6.01 Å². The molecule has 1 aromatic carbocycles. The molecule has 4 aromatic rings. The first kappa shape index (κ1) is 21.4. The van der Waals surface area contributed by atoms with Crippen molar-refractivity contribution in [2.45, 2.75) is 32.9 Å². The third kappa shape index (κ3) is 4.14. The van der Waals surface area contributed by atoms with Gasteiger partial charge in [0.2, 0.25) is 0 Å². The van der Waals surface area contributed by atoms with Gasteiger partial charge in [-0.1, -0.05) is 26.0 Å². The fraction of sp³-hybridized carbons (Fsp3) is 0.217. The number of aromatic nitrogens is 4. The lowest BCUT2D eigenvalue weighted by atomic mass is 10.0. The smallest absolute Gasteiger partial charge is 0.314 e. The van der Waals surface area contributed by atoms with E-state index in [1.165, 1.54) is 12.3 Å². The molecule has 164 valence electrons. The minimum Gasteiger partial charge on any atom is -0.479 e. The Kier molecular flexibility index (Phi) is 5.81. The molecule has 0 bridgehead atoms. The molecule has 0 aliphatic carbocycles. The molecule has 0 fully saturated rings. The number of rotatable bonds is 6. The van der Waals surface area contributed by atoms with Crippen molar-refractivity contribution in [1.82, 2.24) is 24.8 Å². The summed E-state index contributed by atoms with van der Waals surface area (Å²) in [6.07, 6.45) is 3.16. The van der Waals surface area contributed by atoms with E-state index in [-0.39, 0.29) is 12.5 Å². The Morgan fingerprint density at radius 1 is 1.16 bits per heavy atom. The molecule has 32 heavy (non-hydrogen) atoms. The number of fused-ring (bicyclic) bond motifs is 1. The predicted octanol–water partition coefficient (Wildman–Crippen LogP) is 3.91. The zero-order chi connectivity index (χ0) is 22.8. The molecule has 0 spiro atoms. The first-order chi connectivity index (χ1) is 15.3. The summed E-state index contributed by atoms with van der Waals surface area (Å²) in [7, 11) is 0. The largest absolute Gasteiger partial charge is 0.479 e. The normalized spacial score (nSPS) is 11.3. The second-order valence-electron chi connectivity index (χ2n) is 7.66. The van der Waals surface area contributed by atoms with Gasteiger partial charge in [-0.2, -0.15) is 4.98 Å². The van der Waals surface area contributed by atoms with Crippen molar-refractivity contribution in [3.63, 3.8) is 0 Å². The summed E-state index contributed by atoms with van der Waals surface area (Å²) in [5, 5.41) is 12.6. The first-order valence-corrected chi connectivity index (χ1v) is 10.0. The molecular weight excluding hydrogens is 416 g/mol. The van der Waals surface area contributed by atoms with E-state index in [9.17, 15) is 18.7 Å². The summed E-state index contributed by atoms with van der Waals surface area (Å²) >= 11 is 0. The van der Waals surface area contributed by atoms with Gasteiger partial charge in [-0.25, -0.2) is 13.8 Å². The lowest BCUT2D eigenvalue weighted by molar-refractivity contribution is 0.0950. The van der Waals surface area contributed by atoms with Crippen LogP contribution in [-0.4, -0.2) is 30.5 Å². The highest BCUT2D eigenvalue weighted by Crippen LogP contribution is 2.31. The fourth-order valence-electron chi connectivity index (χ4n) is 3.70. The third-order valence-corrected chi connectivity index (χ3v) is 5.09. The van der Waals surface area contributed by atoms with Gasteiger partial charge in [0.25, 0.3) is 5.91 Å². The fourth-order valence-corrected chi connectivity index (χ4v) is 3.70. The molecule has 0 aliphatic heterocycles. The van der Waals surface area contributed by atoms with Gasteiger partial charge in [0.05, 0.1) is 29.5 Å². The van der Waals surface area contributed by atoms with Crippen LogP contribution in [0.15, 0.2) is 48.8 Å². The Morgan fingerprint density at radius 2 is 1.97 bits per heavy atom. The summed E-state index contributed by atoms with van der Waals surface area (Å²) in [5.41, 5.74) is 3.08. The number of hydrogen-bond donors (Lipinski definition) is 2. The molecule has 0 radical (unpaired) electrons. The lowest BCUT2D eigenvalue weighted by Gasteiger charge is -2.15. The summed E-state index contributed by atoms with van der Waals surface area (Å²) in [5.74, 6) is -2.45. The first-order valence-electron chi connectivity index (χ1n) is 10.0. The zero-order valence-electron chi connectivity index (χ0n) is 17.5. The molecule has 4 rings (SSSR count). The maximum absolute atomic E-state index is 13.5. The van der Waals surface area contributed by atoms with Crippen LogP contribution in [0.2, 0.25) is 0 Å². The molecule has 0 atom stereocenters. The van der Waals surface area contributed by atoms with Crippen molar-refractivity contribution in [2.75, 3.05) is 0 Å². The van der Waals surface area contributed by atoms with Gasteiger partial charge < -0.3 is 15.0 Å². The Hall–Kier alpha value is -3.88. The average Bonchev–Trinajstić information content (AvgIpc) is 3.08. The Balaban J connectivity index is 1.76. The van der Waals surface area contributed by atoms with E-state index in [0.29, 0.717) is 34.4 Å². The van der Waals surface area contributed by atoms with E-state index in [0.717, 1.165) is 17.8 Å². The van der Waals surface area contributed by atoms with Crippen LogP contribution in [0.3, 0.4) is 0 Å². The maximum atomic E-state index is 13.5. The van der Waals surface area contributed by atoms with Crippen LogP contribution < -0.4 is 5.32 Å². The van der Waals surface area contributed by atoms with E-state index in [4.69, 9.17) is 0 Å². The van der Waals surface area contributed by atoms with E-state index >= 15 is 0 Å². The molecule has 0 saturated heterocycles. The monoisotopic (exact) mass is 437 g/mol. The number of hydrogen-bond acceptors (Lipinski definition) is 5. The van der Waals surface area contributed by atoms with Crippen molar-refractivity contribution in [3.05, 3.63) is 82.9 Å². The molecule has 0 aliphatic rings. The number of aromatic hydroxyl groups is 1. The number of amides is 1. The second-order valence-corrected chi connectivity index (χ2v) is 7.66. The predicted molar refractivity (Wildman–Crippen MR) is 114 cm³/mol. The highest BCUT2D eigenvalue weighted by Gasteiger charge is 2.26. The van der Waals surface area contributed by atoms with Gasteiger partial charge in [-0.05, 0) is 35.7 Å². The Bertz CT molecular complexity index is 1290. The number of benzene rings is 1. The van der Waals surface area contributed by atoms with Crippen LogP contribution in [0, 0.1) is 11.6 Å². The van der Waals surface area contributed by atoms with E-state index in [2.05, 4.69) is 20.3 Å². The average molecular weight is 437 g/mol. The topological polar surface area (TPSA) is 92.9 Å². The zero-order valence-corrected chi connectivity index (χ0v) is 17.5. The molecule has 0 saturated carbocycles. The number of carbonyl (C=O) groups excluding carboxylic acids is 1. The molecule has 1 amide bonds. The number of pyridine rings is 1. The van der Waals surface area contributed by atoms with Crippen molar-refractivity contribution < 1.29 is 18.7 Å². The van der Waals surface area contributed by atoms with Crippen molar-refractivity contribution in [2.24, 2.45) is 0 Å². The van der Waals surface area contributed by atoms with Crippen molar-refractivity contribution >= 4 is 16.9 Å².